The van der Waals surface area contributed by atoms with E-state index in [1.54, 1.807) is 23.3 Å². The summed E-state index contributed by atoms with van der Waals surface area (Å²) in [6.45, 7) is 0.600. The van der Waals surface area contributed by atoms with Gasteiger partial charge >= 0.3 is 0 Å². The fourth-order valence-corrected chi connectivity index (χ4v) is 2.67. The molecule has 7 heteroatoms. The Morgan fingerprint density at radius 1 is 1.12 bits per heavy atom. The van der Waals surface area contributed by atoms with E-state index in [0.29, 0.717) is 12.2 Å². The normalized spacial score (nSPS) is 10.9. The van der Waals surface area contributed by atoms with Crippen molar-refractivity contribution in [3.05, 3.63) is 72.9 Å². The molecule has 0 saturated carbocycles. The number of nitrogens with one attached hydrogen (secondary N) is 1. The van der Waals surface area contributed by atoms with E-state index in [2.05, 4.69) is 20.6 Å². The van der Waals surface area contributed by atoms with Gasteiger partial charge in [-0.05, 0) is 29.7 Å². The number of hydrogen-bond acceptors (Lipinski definition) is 4. The zero-order chi connectivity index (χ0) is 17.1. The average Bonchev–Trinajstić information content (AvgIpc) is 3.28. The summed E-state index contributed by atoms with van der Waals surface area (Å²) in [6.07, 6.45) is 7.10. The monoisotopic (exact) mass is 332 g/mol. The van der Waals surface area contributed by atoms with Crippen LogP contribution in [0.4, 0.5) is 0 Å². The van der Waals surface area contributed by atoms with Gasteiger partial charge in [-0.25, -0.2) is 4.68 Å². The van der Waals surface area contributed by atoms with E-state index in [0.717, 1.165) is 16.6 Å². The largest absolute Gasteiger partial charge is 0.349 e. The number of nitrogens with zero attached hydrogens (tertiary/aromatic N) is 5. The summed E-state index contributed by atoms with van der Waals surface area (Å²) in [4.78, 5) is 16.3. The topological polar surface area (TPSA) is 77.6 Å². The summed E-state index contributed by atoms with van der Waals surface area (Å²) < 4.78 is 3.56. The number of hydrogen-bond donors (Lipinski definition) is 1. The van der Waals surface area contributed by atoms with Crippen LogP contribution in [0.25, 0.3) is 16.6 Å². The van der Waals surface area contributed by atoms with Gasteiger partial charge in [0.15, 0.2) is 0 Å². The van der Waals surface area contributed by atoms with Gasteiger partial charge in [0.2, 0.25) is 5.91 Å². The molecule has 0 aliphatic heterocycles. The van der Waals surface area contributed by atoms with Crippen molar-refractivity contribution in [1.82, 2.24) is 29.9 Å². The van der Waals surface area contributed by atoms with Gasteiger partial charge in [0.05, 0.1) is 24.6 Å². The Kier molecular flexibility index (Phi) is 3.96. The van der Waals surface area contributed by atoms with Gasteiger partial charge in [0.25, 0.3) is 0 Å². The zero-order valence-electron chi connectivity index (χ0n) is 13.4. The summed E-state index contributed by atoms with van der Waals surface area (Å²) in [6, 6.07) is 13.7. The third kappa shape index (κ3) is 3.25. The van der Waals surface area contributed by atoms with Gasteiger partial charge in [-0.3, -0.25) is 9.78 Å². The number of fused-ring (bicyclic) bond motifs is 1. The molecule has 3 heterocycles. The lowest BCUT2D eigenvalue weighted by molar-refractivity contribution is -0.121. The van der Waals surface area contributed by atoms with E-state index in [9.17, 15) is 4.79 Å². The number of carbonyl (C=O) groups excluding carboxylic acids is 1. The van der Waals surface area contributed by atoms with Crippen LogP contribution in [0.5, 0.6) is 0 Å². The summed E-state index contributed by atoms with van der Waals surface area (Å²) in [5, 5.41) is 12.1. The Labute approximate surface area is 143 Å². The van der Waals surface area contributed by atoms with Crippen molar-refractivity contribution in [1.29, 1.82) is 0 Å². The molecule has 4 rings (SSSR count). The SMILES string of the molecule is O=C(Cn1ccc2ccccc21)NCc1cn(-c2cccnc2)nn1. The Morgan fingerprint density at radius 3 is 2.92 bits per heavy atom. The first-order valence-electron chi connectivity index (χ1n) is 7.92. The predicted octanol–water partition coefficient (Wildman–Crippen LogP) is 1.93. The van der Waals surface area contributed by atoms with E-state index >= 15 is 0 Å². The number of pyridine rings is 1. The fourth-order valence-electron chi connectivity index (χ4n) is 2.67. The fraction of sp³-hybridized carbons (Fsp3) is 0.111. The Bertz CT molecular complexity index is 1000. The van der Waals surface area contributed by atoms with Gasteiger partial charge in [-0.2, -0.15) is 0 Å². The van der Waals surface area contributed by atoms with E-state index in [4.69, 9.17) is 0 Å². The Balaban J connectivity index is 1.38. The molecule has 0 aliphatic rings. The van der Waals surface area contributed by atoms with Gasteiger partial charge in [0.1, 0.15) is 12.2 Å². The molecule has 0 radical (unpaired) electrons. The van der Waals surface area contributed by atoms with Crippen molar-refractivity contribution in [3.63, 3.8) is 0 Å². The second kappa shape index (κ2) is 6.56. The van der Waals surface area contributed by atoms with Crippen molar-refractivity contribution in [3.8, 4) is 5.69 Å². The highest BCUT2D eigenvalue weighted by molar-refractivity contribution is 5.83. The van der Waals surface area contributed by atoms with E-state index in [1.807, 2.05) is 53.2 Å². The molecule has 0 saturated heterocycles. The van der Waals surface area contributed by atoms with Crippen molar-refractivity contribution in [2.75, 3.05) is 0 Å². The third-order valence-corrected chi connectivity index (χ3v) is 3.91. The molecule has 124 valence electrons. The minimum absolute atomic E-state index is 0.0720. The molecule has 0 atom stereocenters. The van der Waals surface area contributed by atoms with Crippen LogP contribution in [0.3, 0.4) is 0 Å². The van der Waals surface area contributed by atoms with Crippen LogP contribution < -0.4 is 5.32 Å². The van der Waals surface area contributed by atoms with Gasteiger partial charge in [0, 0.05) is 17.9 Å². The molecular formula is C18H16N6O. The van der Waals surface area contributed by atoms with Crippen LogP contribution in [0.15, 0.2) is 67.3 Å². The highest BCUT2D eigenvalue weighted by Crippen LogP contribution is 2.14. The van der Waals surface area contributed by atoms with Crippen LogP contribution in [-0.2, 0) is 17.9 Å². The molecule has 0 fully saturated rings. The van der Waals surface area contributed by atoms with Crippen LogP contribution in [0, 0.1) is 0 Å². The summed E-state index contributed by atoms with van der Waals surface area (Å²) in [5.74, 6) is -0.0720. The van der Waals surface area contributed by atoms with Gasteiger partial charge in [-0.15, -0.1) is 5.10 Å². The summed E-state index contributed by atoms with van der Waals surface area (Å²) >= 11 is 0. The number of amides is 1. The second-order valence-corrected chi connectivity index (χ2v) is 5.64. The molecule has 1 amide bonds. The first kappa shape index (κ1) is 15.1. The molecule has 1 N–H and O–H groups in total. The lowest BCUT2D eigenvalue weighted by atomic mass is 10.2. The molecule has 1 aromatic carbocycles. The number of benzene rings is 1. The van der Waals surface area contributed by atoms with Gasteiger partial charge in [-0.1, -0.05) is 23.4 Å². The number of rotatable bonds is 5. The molecule has 4 aromatic rings. The molecule has 0 bridgehead atoms. The quantitative estimate of drug-likeness (QED) is 0.606. The van der Waals surface area contributed by atoms with E-state index < -0.39 is 0 Å². The number of carbonyl (C=O) groups is 1. The smallest absolute Gasteiger partial charge is 0.240 e. The molecule has 3 aromatic heterocycles. The minimum atomic E-state index is -0.0720. The lowest BCUT2D eigenvalue weighted by Gasteiger charge is -2.06. The van der Waals surface area contributed by atoms with Gasteiger partial charge < -0.3 is 9.88 Å². The maximum absolute atomic E-state index is 12.2. The van der Waals surface area contributed by atoms with Crippen LogP contribution in [-0.4, -0.2) is 30.5 Å². The minimum Gasteiger partial charge on any atom is -0.349 e. The lowest BCUT2D eigenvalue weighted by Crippen LogP contribution is -2.27. The predicted molar refractivity (Wildman–Crippen MR) is 92.9 cm³/mol. The molecular weight excluding hydrogens is 316 g/mol. The Hall–Kier alpha value is -3.48. The Morgan fingerprint density at radius 2 is 2.04 bits per heavy atom. The maximum atomic E-state index is 12.2. The van der Waals surface area contributed by atoms with Crippen molar-refractivity contribution in [2.45, 2.75) is 13.1 Å². The molecule has 7 nitrogen and oxygen atoms in total. The number of para-hydroxylation sites is 1. The molecule has 0 spiro atoms. The molecule has 25 heavy (non-hydrogen) atoms. The summed E-state index contributed by atoms with van der Waals surface area (Å²) in [5.41, 5.74) is 2.56. The van der Waals surface area contributed by atoms with Crippen molar-refractivity contribution >= 4 is 16.8 Å². The first-order chi connectivity index (χ1) is 12.3. The summed E-state index contributed by atoms with van der Waals surface area (Å²) in [7, 11) is 0. The third-order valence-electron chi connectivity index (χ3n) is 3.91. The van der Waals surface area contributed by atoms with Crippen LogP contribution >= 0.6 is 0 Å². The molecule has 0 aliphatic carbocycles. The first-order valence-corrected chi connectivity index (χ1v) is 7.92. The number of aromatic nitrogens is 5. The standard InChI is InChI=1S/C18H16N6O/c25-18(13-23-9-7-14-4-1-2-6-17(14)23)20-10-15-12-24(22-21-15)16-5-3-8-19-11-16/h1-9,11-12H,10,13H2,(H,20,25). The zero-order valence-corrected chi connectivity index (χ0v) is 13.4. The average molecular weight is 332 g/mol. The van der Waals surface area contributed by atoms with Crippen molar-refractivity contribution in [2.24, 2.45) is 0 Å². The highest BCUT2D eigenvalue weighted by Gasteiger charge is 2.08. The second-order valence-electron chi connectivity index (χ2n) is 5.64. The van der Waals surface area contributed by atoms with E-state index in [-0.39, 0.29) is 12.5 Å². The highest BCUT2D eigenvalue weighted by atomic mass is 16.1. The van der Waals surface area contributed by atoms with Crippen molar-refractivity contribution < 1.29 is 4.79 Å². The van der Waals surface area contributed by atoms with Crippen LogP contribution in [0.2, 0.25) is 0 Å². The van der Waals surface area contributed by atoms with E-state index in [1.165, 1.54) is 0 Å². The maximum Gasteiger partial charge on any atom is 0.240 e. The van der Waals surface area contributed by atoms with Crippen LogP contribution in [0.1, 0.15) is 5.69 Å². The molecule has 0 unspecified atom stereocenters.